The van der Waals surface area contributed by atoms with Crippen molar-refractivity contribution in [2.45, 2.75) is 44.1 Å². The van der Waals surface area contributed by atoms with Gasteiger partial charge in [0.25, 0.3) is 0 Å². The van der Waals surface area contributed by atoms with E-state index in [0.29, 0.717) is 6.54 Å². The van der Waals surface area contributed by atoms with Crippen LogP contribution < -0.4 is 5.32 Å². The smallest absolute Gasteiger partial charge is 0.225 e. The van der Waals surface area contributed by atoms with Crippen LogP contribution in [0.5, 0.6) is 0 Å². The fourth-order valence-corrected chi connectivity index (χ4v) is 2.82. The van der Waals surface area contributed by atoms with Crippen LogP contribution in [0.25, 0.3) is 0 Å². The third kappa shape index (κ3) is 2.76. The summed E-state index contributed by atoms with van der Waals surface area (Å²) >= 11 is 0. The van der Waals surface area contributed by atoms with E-state index in [4.69, 9.17) is 0 Å². The van der Waals surface area contributed by atoms with Crippen LogP contribution in [0.3, 0.4) is 0 Å². The highest BCUT2D eigenvalue weighted by molar-refractivity contribution is 5.84. The summed E-state index contributed by atoms with van der Waals surface area (Å²) in [4.78, 5) is 26.1. The monoisotopic (exact) mass is 266 g/mol. The van der Waals surface area contributed by atoms with Crippen LogP contribution in [-0.2, 0) is 9.59 Å². The molecule has 3 rings (SSSR count). The lowest BCUT2D eigenvalue weighted by atomic mass is 9.96. The van der Waals surface area contributed by atoms with E-state index in [2.05, 4.69) is 5.32 Å². The first-order chi connectivity index (χ1) is 9.13. The van der Waals surface area contributed by atoms with Crippen molar-refractivity contribution in [3.05, 3.63) is 0 Å². The van der Waals surface area contributed by atoms with Crippen LogP contribution in [0.1, 0.15) is 38.5 Å². The van der Waals surface area contributed by atoms with Gasteiger partial charge < -0.3 is 15.3 Å². The molecule has 0 spiro atoms. The number of amides is 2. The molecule has 0 bridgehead atoms. The Morgan fingerprint density at radius 1 is 1.21 bits per heavy atom. The Morgan fingerprint density at radius 2 is 1.95 bits per heavy atom. The maximum Gasteiger partial charge on any atom is 0.225 e. The molecule has 2 saturated carbocycles. The van der Waals surface area contributed by atoms with E-state index in [1.54, 1.807) is 0 Å². The minimum Gasteiger partial charge on any atom is -0.394 e. The fourth-order valence-electron chi connectivity index (χ4n) is 2.82. The molecule has 1 aliphatic heterocycles. The van der Waals surface area contributed by atoms with Gasteiger partial charge >= 0.3 is 0 Å². The number of likely N-dealkylation sites (tertiary alicyclic amines) is 1. The summed E-state index contributed by atoms with van der Waals surface area (Å²) in [6.07, 6.45) is 5.52. The minimum atomic E-state index is -0.347. The highest BCUT2D eigenvalue weighted by Gasteiger charge is 2.45. The molecule has 3 aliphatic rings. The summed E-state index contributed by atoms with van der Waals surface area (Å²) in [6.45, 7) is 1.38. The molecule has 2 N–H and O–H groups in total. The SMILES string of the molecule is O=C(NC1(CO)CC1)C1CCCN(C(=O)C2CC2)C1. The van der Waals surface area contributed by atoms with Crippen LogP contribution in [0.15, 0.2) is 0 Å². The zero-order valence-electron chi connectivity index (χ0n) is 11.2. The number of carbonyl (C=O) groups excluding carboxylic acids is 2. The third-order valence-electron chi connectivity index (χ3n) is 4.58. The van der Waals surface area contributed by atoms with Gasteiger partial charge in [0.05, 0.1) is 18.1 Å². The number of nitrogens with zero attached hydrogens (tertiary/aromatic N) is 1. The maximum absolute atomic E-state index is 12.2. The Kier molecular flexibility index (Phi) is 3.25. The number of aliphatic hydroxyl groups excluding tert-OH is 1. The van der Waals surface area contributed by atoms with E-state index >= 15 is 0 Å². The summed E-state index contributed by atoms with van der Waals surface area (Å²) in [5, 5.41) is 12.2. The van der Waals surface area contributed by atoms with Gasteiger partial charge in [-0.05, 0) is 38.5 Å². The largest absolute Gasteiger partial charge is 0.394 e. The Bertz CT molecular complexity index is 388. The van der Waals surface area contributed by atoms with Gasteiger partial charge in [-0.2, -0.15) is 0 Å². The number of nitrogens with one attached hydrogen (secondary N) is 1. The Hall–Kier alpha value is -1.10. The van der Waals surface area contributed by atoms with Gasteiger partial charge in [-0.3, -0.25) is 9.59 Å². The molecule has 1 saturated heterocycles. The van der Waals surface area contributed by atoms with Crippen molar-refractivity contribution in [2.75, 3.05) is 19.7 Å². The molecule has 19 heavy (non-hydrogen) atoms. The normalized spacial score (nSPS) is 28.9. The Labute approximate surface area is 113 Å². The van der Waals surface area contributed by atoms with Crippen LogP contribution in [0.2, 0.25) is 0 Å². The number of carbonyl (C=O) groups is 2. The van der Waals surface area contributed by atoms with E-state index in [9.17, 15) is 14.7 Å². The molecular weight excluding hydrogens is 244 g/mol. The summed E-state index contributed by atoms with van der Waals surface area (Å²) in [6, 6.07) is 0. The summed E-state index contributed by atoms with van der Waals surface area (Å²) in [7, 11) is 0. The van der Waals surface area contributed by atoms with E-state index < -0.39 is 0 Å². The van der Waals surface area contributed by atoms with Crippen LogP contribution in [0, 0.1) is 11.8 Å². The van der Waals surface area contributed by atoms with E-state index in [0.717, 1.165) is 45.1 Å². The van der Waals surface area contributed by atoms with Gasteiger partial charge in [-0.15, -0.1) is 0 Å². The molecule has 1 heterocycles. The highest BCUT2D eigenvalue weighted by Crippen LogP contribution is 2.36. The second-order valence-electron chi connectivity index (χ2n) is 6.33. The topological polar surface area (TPSA) is 69.6 Å². The molecule has 0 aromatic rings. The van der Waals surface area contributed by atoms with Crippen molar-refractivity contribution in [3.63, 3.8) is 0 Å². The second kappa shape index (κ2) is 4.78. The van der Waals surface area contributed by atoms with E-state index in [1.165, 1.54) is 0 Å². The quantitative estimate of drug-likeness (QED) is 0.767. The van der Waals surface area contributed by atoms with Gasteiger partial charge in [-0.25, -0.2) is 0 Å². The van der Waals surface area contributed by atoms with Crippen molar-refractivity contribution in [1.82, 2.24) is 10.2 Å². The van der Waals surface area contributed by atoms with Gasteiger partial charge in [0.1, 0.15) is 0 Å². The summed E-state index contributed by atoms with van der Waals surface area (Å²) in [5.74, 6) is 0.384. The number of hydrogen-bond acceptors (Lipinski definition) is 3. The Morgan fingerprint density at radius 3 is 2.53 bits per heavy atom. The van der Waals surface area contributed by atoms with E-state index in [1.807, 2.05) is 4.90 Å². The molecule has 5 nitrogen and oxygen atoms in total. The lowest BCUT2D eigenvalue weighted by Crippen LogP contribution is -2.49. The molecule has 5 heteroatoms. The van der Waals surface area contributed by atoms with Crippen LogP contribution >= 0.6 is 0 Å². The molecule has 2 amide bonds. The molecule has 0 radical (unpaired) electrons. The van der Waals surface area contributed by atoms with Gasteiger partial charge in [0.2, 0.25) is 11.8 Å². The van der Waals surface area contributed by atoms with Crippen molar-refractivity contribution >= 4 is 11.8 Å². The molecule has 0 aromatic heterocycles. The molecule has 3 fully saturated rings. The van der Waals surface area contributed by atoms with Crippen molar-refractivity contribution < 1.29 is 14.7 Å². The van der Waals surface area contributed by atoms with Crippen molar-refractivity contribution in [2.24, 2.45) is 11.8 Å². The van der Waals surface area contributed by atoms with Crippen molar-refractivity contribution in [3.8, 4) is 0 Å². The van der Waals surface area contributed by atoms with Gasteiger partial charge in [0, 0.05) is 19.0 Å². The predicted molar refractivity (Wildman–Crippen MR) is 69.2 cm³/mol. The lowest BCUT2D eigenvalue weighted by molar-refractivity contribution is -0.137. The number of piperidine rings is 1. The molecule has 2 aliphatic carbocycles. The fraction of sp³-hybridized carbons (Fsp3) is 0.857. The zero-order valence-corrected chi connectivity index (χ0v) is 11.2. The summed E-state index contributed by atoms with van der Waals surface area (Å²) < 4.78 is 0. The molecule has 106 valence electrons. The van der Waals surface area contributed by atoms with Crippen LogP contribution in [0.4, 0.5) is 0 Å². The lowest BCUT2D eigenvalue weighted by Gasteiger charge is -2.33. The summed E-state index contributed by atoms with van der Waals surface area (Å²) in [5.41, 5.74) is -0.347. The molecule has 0 aromatic carbocycles. The maximum atomic E-state index is 12.2. The van der Waals surface area contributed by atoms with Crippen molar-refractivity contribution in [1.29, 1.82) is 0 Å². The van der Waals surface area contributed by atoms with Crippen LogP contribution in [-0.4, -0.2) is 47.1 Å². The molecule has 1 atom stereocenters. The highest BCUT2D eigenvalue weighted by atomic mass is 16.3. The Balaban J connectivity index is 1.55. The number of hydrogen-bond donors (Lipinski definition) is 2. The zero-order chi connectivity index (χ0) is 13.5. The van der Waals surface area contributed by atoms with Gasteiger partial charge in [0.15, 0.2) is 0 Å². The minimum absolute atomic E-state index is 0.0137. The van der Waals surface area contributed by atoms with Gasteiger partial charge in [-0.1, -0.05) is 0 Å². The first-order valence-corrected chi connectivity index (χ1v) is 7.35. The molecular formula is C14H22N2O3. The average molecular weight is 266 g/mol. The standard InChI is InChI=1S/C14H22N2O3/c17-9-14(5-6-14)15-12(18)11-2-1-7-16(8-11)13(19)10-3-4-10/h10-11,17H,1-9H2,(H,15,18). The first-order valence-electron chi connectivity index (χ1n) is 7.35. The van der Waals surface area contributed by atoms with E-state index in [-0.39, 0.29) is 35.8 Å². The molecule has 1 unspecified atom stereocenters. The first kappa shape index (κ1) is 12.9. The number of rotatable bonds is 4. The average Bonchev–Trinajstić information content (AvgIpc) is 3.32. The third-order valence-corrected chi connectivity index (χ3v) is 4.58. The number of aliphatic hydroxyl groups is 1. The second-order valence-corrected chi connectivity index (χ2v) is 6.33. The predicted octanol–water partition coefficient (Wildman–Crippen LogP) is 0.276.